The Bertz CT molecular complexity index is 703. The Morgan fingerprint density at radius 1 is 1.13 bits per heavy atom. The van der Waals surface area contributed by atoms with E-state index in [0.717, 1.165) is 30.2 Å². The minimum Gasteiger partial charge on any atom is -0.383 e. The number of nitrogens with two attached hydrogens (primary N) is 1. The molecule has 1 aromatic carbocycles. The molecule has 3 rings (SSSR count). The molecule has 0 saturated carbocycles. The van der Waals surface area contributed by atoms with Crippen molar-refractivity contribution in [2.24, 2.45) is 0 Å². The molecule has 5 nitrogen and oxygen atoms in total. The van der Waals surface area contributed by atoms with Crippen molar-refractivity contribution in [1.29, 1.82) is 0 Å². The molecule has 0 bridgehead atoms. The summed E-state index contributed by atoms with van der Waals surface area (Å²) in [4.78, 5) is 11.4. The van der Waals surface area contributed by atoms with Crippen molar-refractivity contribution < 1.29 is 0 Å². The van der Waals surface area contributed by atoms with Crippen molar-refractivity contribution in [2.75, 3.05) is 23.7 Å². The van der Waals surface area contributed by atoms with Crippen LogP contribution in [0.3, 0.4) is 0 Å². The monoisotopic (exact) mass is 311 g/mol. The number of rotatable bonds is 2. The third-order valence-corrected chi connectivity index (χ3v) is 4.54. The van der Waals surface area contributed by atoms with E-state index in [9.17, 15) is 0 Å². The molecule has 23 heavy (non-hydrogen) atoms. The number of nitrogens with one attached hydrogen (secondary N) is 1. The lowest BCUT2D eigenvalue weighted by molar-refractivity contribution is 0.403. The summed E-state index contributed by atoms with van der Waals surface area (Å²) in [5.41, 5.74) is 10.7. The molecule has 1 fully saturated rings. The smallest absolute Gasteiger partial charge is 0.227 e. The van der Waals surface area contributed by atoms with E-state index in [4.69, 9.17) is 5.73 Å². The molecule has 0 spiro atoms. The Kier molecular flexibility index (Phi) is 4.22. The first-order chi connectivity index (χ1) is 11.0. The zero-order valence-electron chi connectivity index (χ0n) is 14.3. The molecule has 2 heterocycles. The van der Waals surface area contributed by atoms with E-state index in [1.807, 2.05) is 12.3 Å². The van der Waals surface area contributed by atoms with Gasteiger partial charge in [0.2, 0.25) is 5.95 Å². The number of nitrogens with zero attached hydrogens (tertiary/aromatic N) is 3. The van der Waals surface area contributed by atoms with E-state index in [1.54, 1.807) is 0 Å². The standard InChI is InChI=1S/C18H25N5/c1-11-6-5-7-15(14(11)4)16-8-20-18(22-17(16)19)23-9-12(2)21-13(3)10-23/h5-8,12-13,21H,9-10H2,1-4H3,(H2,19,20,22)/t12-,13+. The zero-order chi connectivity index (χ0) is 16.6. The first-order valence-electron chi connectivity index (χ1n) is 8.15. The number of piperazine rings is 1. The van der Waals surface area contributed by atoms with E-state index in [0.29, 0.717) is 17.9 Å². The SMILES string of the molecule is Cc1cccc(-c2cnc(N3C[C@@H](C)N[C@@H](C)C3)nc2N)c1C. The van der Waals surface area contributed by atoms with Crippen LogP contribution in [0.1, 0.15) is 25.0 Å². The second-order valence-electron chi connectivity index (χ2n) is 6.59. The van der Waals surface area contributed by atoms with Gasteiger partial charge in [0, 0.05) is 36.9 Å². The number of hydrogen-bond acceptors (Lipinski definition) is 5. The highest BCUT2D eigenvalue weighted by Gasteiger charge is 2.23. The fraction of sp³-hybridized carbons (Fsp3) is 0.444. The number of hydrogen-bond donors (Lipinski definition) is 2. The van der Waals surface area contributed by atoms with Crippen LogP contribution in [0, 0.1) is 13.8 Å². The van der Waals surface area contributed by atoms with Gasteiger partial charge in [0.25, 0.3) is 0 Å². The van der Waals surface area contributed by atoms with Gasteiger partial charge in [-0.15, -0.1) is 0 Å². The summed E-state index contributed by atoms with van der Waals surface area (Å²) in [6.07, 6.45) is 1.86. The number of anilines is 2. The summed E-state index contributed by atoms with van der Waals surface area (Å²) in [7, 11) is 0. The second-order valence-corrected chi connectivity index (χ2v) is 6.59. The molecule has 0 aliphatic carbocycles. The zero-order valence-corrected chi connectivity index (χ0v) is 14.3. The molecule has 0 amide bonds. The van der Waals surface area contributed by atoms with Gasteiger partial charge in [-0.1, -0.05) is 18.2 Å². The Labute approximate surface area is 137 Å². The molecule has 2 aromatic rings. The van der Waals surface area contributed by atoms with Crippen LogP contribution in [-0.4, -0.2) is 35.1 Å². The van der Waals surface area contributed by atoms with E-state index < -0.39 is 0 Å². The Balaban J connectivity index is 1.93. The maximum atomic E-state index is 6.25. The summed E-state index contributed by atoms with van der Waals surface area (Å²) >= 11 is 0. The number of aryl methyl sites for hydroxylation is 1. The average Bonchev–Trinajstić information content (AvgIpc) is 2.49. The molecule has 5 heteroatoms. The first kappa shape index (κ1) is 15.7. The van der Waals surface area contributed by atoms with Gasteiger partial charge >= 0.3 is 0 Å². The minimum absolute atomic E-state index is 0.419. The highest BCUT2D eigenvalue weighted by Crippen LogP contribution is 2.29. The van der Waals surface area contributed by atoms with Crippen molar-refractivity contribution in [2.45, 2.75) is 39.8 Å². The third-order valence-electron chi connectivity index (χ3n) is 4.54. The van der Waals surface area contributed by atoms with E-state index in [2.05, 4.69) is 60.0 Å². The summed E-state index contributed by atoms with van der Waals surface area (Å²) in [5.74, 6) is 1.26. The van der Waals surface area contributed by atoms with E-state index in [1.165, 1.54) is 11.1 Å². The van der Waals surface area contributed by atoms with Crippen molar-refractivity contribution >= 4 is 11.8 Å². The fourth-order valence-corrected chi connectivity index (χ4v) is 3.28. The van der Waals surface area contributed by atoms with Crippen LogP contribution in [0.15, 0.2) is 24.4 Å². The highest BCUT2D eigenvalue weighted by molar-refractivity contribution is 5.76. The van der Waals surface area contributed by atoms with E-state index >= 15 is 0 Å². The highest BCUT2D eigenvalue weighted by atomic mass is 15.3. The van der Waals surface area contributed by atoms with Crippen LogP contribution in [-0.2, 0) is 0 Å². The Morgan fingerprint density at radius 2 is 1.83 bits per heavy atom. The molecule has 1 aliphatic heterocycles. The van der Waals surface area contributed by atoms with Crippen molar-refractivity contribution in [3.05, 3.63) is 35.5 Å². The fourth-order valence-electron chi connectivity index (χ4n) is 3.28. The lowest BCUT2D eigenvalue weighted by Gasteiger charge is -2.36. The normalized spacial score (nSPS) is 21.5. The van der Waals surface area contributed by atoms with Gasteiger partial charge in [-0.3, -0.25) is 0 Å². The lowest BCUT2D eigenvalue weighted by atomic mass is 9.98. The van der Waals surface area contributed by atoms with Gasteiger partial charge in [-0.05, 0) is 44.4 Å². The minimum atomic E-state index is 0.419. The van der Waals surface area contributed by atoms with Crippen LogP contribution in [0.4, 0.5) is 11.8 Å². The molecule has 122 valence electrons. The van der Waals surface area contributed by atoms with Crippen LogP contribution in [0.2, 0.25) is 0 Å². The largest absolute Gasteiger partial charge is 0.383 e. The summed E-state index contributed by atoms with van der Waals surface area (Å²) < 4.78 is 0. The number of benzene rings is 1. The van der Waals surface area contributed by atoms with Crippen LogP contribution >= 0.6 is 0 Å². The topological polar surface area (TPSA) is 67.1 Å². The molecule has 1 saturated heterocycles. The maximum Gasteiger partial charge on any atom is 0.227 e. The van der Waals surface area contributed by atoms with Crippen LogP contribution in [0.5, 0.6) is 0 Å². The summed E-state index contributed by atoms with van der Waals surface area (Å²) in [5, 5.41) is 3.52. The third kappa shape index (κ3) is 3.15. The molecule has 1 aliphatic rings. The molecule has 0 radical (unpaired) electrons. The predicted octanol–water partition coefficient (Wildman–Crippen LogP) is 2.53. The number of aromatic nitrogens is 2. The van der Waals surface area contributed by atoms with Gasteiger partial charge in [-0.25, -0.2) is 4.98 Å². The quantitative estimate of drug-likeness (QED) is 0.892. The molecule has 1 aromatic heterocycles. The van der Waals surface area contributed by atoms with Gasteiger partial charge in [-0.2, -0.15) is 4.98 Å². The lowest BCUT2D eigenvalue weighted by Crippen LogP contribution is -2.54. The Hall–Kier alpha value is -2.14. The summed E-state index contributed by atoms with van der Waals surface area (Å²) in [6, 6.07) is 7.06. The van der Waals surface area contributed by atoms with Gasteiger partial charge in [0.15, 0.2) is 0 Å². The second kappa shape index (κ2) is 6.16. The molecular weight excluding hydrogens is 286 g/mol. The van der Waals surface area contributed by atoms with Crippen LogP contribution < -0.4 is 16.0 Å². The van der Waals surface area contributed by atoms with Gasteiger partial charge < -0.3 is 16.0 Å². The first-order valence-corrected chi connectivity index (χ1v) is 8.15. The molecule has 2 atom stereocenters. The van der Waals surface area contributed by atoms with Gasteiger partial charge in [0.1, 0.15) is 5.82 Å². The van der Waals surface area contributed by atoms with Crippen molar-refractivity contribution in [3.8, 4) is 11.1 Å². The Morgan fingerprint density at radius 3 is 2.48 bits per heavy atom. The maximum absolute atomic E-state index is 6.25. The van der Waals surface area contributed by atoms with Crippen molar-refractivity contribution in [1.82, 2.24) is 15.3 Å². The molecule has 3 N–H and O–H groups in total. The van der Waals surface area contributed by atoms with E-state index in [-0.39, 0.29) is 0 Å². The van der Waals surface area contributed by atoms with Crippen molar-refractivity contribution in [3.63, 3.8) is 0 Å². The van der Waals surface area contributed by atoms with Crippen LogP contribution in [0.25, 0.3) is 11.1 Å². The number of nitrogen functional groups attached to an aromatic ring is 1. The molecule has 0 unspecified atom stereocenters. The predicted molar refractivity (Wildman–Crippen MR) is 95.6 cm³/mol. The summed E-state index contributed by atoms with van der Waals surface area (Å²) in [6.45, 7) is 10.4. The molecular formula is C18H25N5. The van der Waals surface area contributed by atoms with Gasteiger partial charge in [0.05, 0.1) is 0 Å². The average molecular weight is 311 g/mol.